The predicted octanol–water partition coefficient (Wildman–Crippen LogP) is 5.43. The van der Waals surface area contributed by atoms with Crippen molar-refractivity contribution >= 4 is 17.6 Å². The zero-order valence-electron chi connectivity index (χ0n) is 22.8. The maximum atomic E-state index is 15.3. The molecule has 2 aromatic rings. The van der Waals surface area contributed by atoms with Crippen LogP contribution in [-0.4, -0.2) is 38.9 Å². The molecule has 1 aliphatic rings. The summed E-state index contributed by atoms with van der Waals surface area (Å²) in [5, 5.41) is 11.2. The highest BCUT2D eigenvalue weighted by Gasteiger charge is 2.45. The van der Waals surface area contributed by atoms with Crippen LogP contribution < -0.4 is 10.6 Å². The second-order valence-electron chi connectivity index (χ2n) is 11.9. The summed E-state index contributed by atoms with van der Waals surface area (Å²) in [6.45, 7) is 18.6. The van der Waals surface area contributed by atoms with Crippen molar-refractivity contribution in [1.82, 2.24) is 20.1 Å². The Bertz CT molecular complexity index is 1070. The van der Waals surface area contributed by atoms with E-state index in [0.717, 1.165) is 12.2 Å². The normalized spacial score (nSPS) is 21.1. The second-order valence-corrected chi connectivity index (χ2v) is 11.9. The Hall–Kier alpha value is -2.48. The maximum absolute atomic E-state index is 15.3. The minimum absolute atomic E-state index is 0.138. The van der Waals surface area contributed by atoms with E-state index in [1.807, 2.05) is 45.4 Å². The number of nitrogens with zero attached hydrogens (tertiary/aromatic N) is 3. The molecule has 0 aromatic carbocycles. The largest absolute Gasteiger partial charge is 0.460 e. The van der Waals surface area contributed by atoms with Gasteiger partial charge in [-0.05, 0) is 92.8 Å². The lowest BCUT2D eigenvalue weighted by Crippen LogP contribution is -2.50. The first kappa shape index (κ1) is 27.1. The molecule has 3 heterocycles. The Morgan fingerprint density at radius 2 is 1.97 bits per heavy atom. The number of nitrogens with one attached hydrogen (secondary N) is 2. The number of aryl methyl sites for hydroxylation is 2. The Labute approximate surface area is 209 Å². The summed E-state index contributed by atoms with van der Waals surface area (Å²) in [7, 11) is 0. The fraction of sp³-hybridized carbons (Fsp3) is 0.667. The molecule has 1 aliphatic heterocycles. The van der Waals surface area contributed by atoms with Crippen molar-refractivity contribution in [1.29, 1.82) is 0 Å². The fourth-order valence-electron chi connectivity index (χ4n) is 4.88. The van der Waals surface area contributed by atoms with Gasteiger partial charge in [0.15, 0.2) is 17.5 Å². The van der Waals surface area contributed by atoms with E-state index in [1.165, 1.54) is 0 Å². The maximum Gasteiger partial charge on any atom is 0.313 e. The minimum atomic E-state index is -0.713. The molecule has 1 saturated heterocycles. The molecule has 3 rings (SSSR count). The van der Waals surface area contributed by atoms with Crippen LogP contribution in [0.3, 0.4) is 0 Å². The number of hydrogen-bond acceptors (Lipinski definition) is 6. The van der Waals surface area contributed by atoms with Crippen molar-refractivity contribution in [3.8, 4) is 0 Å². The number of piperidine rings is 1. The van der Waals surface area contributed by atoms with Crippen molar-refractivity contribution in [2.45, 2.75) is 105 Å². The van der Waals surface area contributed by atoms with Crippen LogP contribution in [0.1, 0.15) is 85.2 Å². The molecule has 0 bridgehead atoms. The molecule has 1 unspecified atom stereocenters. The van der Waals surface area contributed by atoms with Crippen LogP contribution in [0.4, 0.5) is 16.0 Å². The van der Waals surface area contributed by atoms with Gasteiger partial charge in [-0.1, -0.05) is 6.92 Å². The van der Waals surface area contributed by atoms with E-state index in [2.05, 4.69) is 48.4 Å². The molecule has 2 atom stereocenters. The first-order valence-corrected chi connectivity index (χ1v) is 12.6. The Morgan fingerprint density at radius 1 is 1.29 bits per heavy atom. The number of ether oxygens (including phenoxy) is 1. The fourth-order valence-corrected chi connectivity index (χ4v) is 4.88. The van der Waals surface area contributed by atoms with Crippen molar-refractivity contribution in [2.75, 3.05) is 11.9 Å². The Kier molecular flexibility index (Phi) is 7.65. The van der Waals surface area contributed by atoms with Gasteiger partial charge in [0.2, 0.25) is 0 Å². The molecule has 7 nitrogen and oxygen atoms in total. The summed E-state index contributed by atoms with van der Waals surface area (Å²) in [5.41, 5.74) is 0.718. The molecule has 0 amide bonds. The van der Waals surface area contributed by atoms with E-state index in [9.17, 15) is 4.79 Å². The van der Waals surface area contributed by atoms with E-state index in [4.69, 9.17) is 4.74 Å². The average Bonchev–Trinajstić information content (AvgIpc) is 3.09. The number of halogens is 1. The summed E-state index contributed by atoms with van der Waals surface area (Å²) < 4.78 is 23.1. The Morgan fingerprint density at radius 3 is 2.51 bits per heavy atom. The quantitative estimate of drug-likeness (QED) is 0.529. The molecule has 0 radical (unpaired) electrons. The molecule has 1 fully saturated rings. The molecule has 2 aromatic heterocycles. The van der Waals surface area contributed by atoms with Crippen LogP contribution in [0, 0.1) is 18.2 Å². The van der Waals surface area contributed by atoms with Crippen molar-refractivity contribution in [2.24, 2.45) is 5.41 Å². The molecular formula is C27H42FN5O2. The number of pyridine rings is 1. The summed E-state index contributed by atoms with van der Waals surface area (Å²) >= 11 is 0. The van der Waals surface area contributed by atoms with Gasteiger partial charge in [0, 0.05) is 29.9 Å². The van der Waals surface area contributed by atoms with Gasteiger partial charge < -0.3 is 15.4 Å². The van der Waals surface area contributed by atoms with Gasteiger partial charge in [-0.3, -0.25) is 9.48 Å². The van der Waals surface area contributed by atoms with Crippen molar-refractivity contribution in [3.63, 3.8) is 0 Å². The lowest BCUT2D eigenvalue weighted by atomic mass is 9.72. The van der Waals surface area contributed by atoms with Gasteiger partial charge in [0.1, 0.15) is 5.60 Å². The number of anilines is 2. The lowest BCUT2D eigenvalue weighted by molar-refractivity contribution is -0.170. The highest BCUT2D eigenvalue weighted by atomic mass is 19.1. The van der Waals surface area contributed by atoms with Gasteiger partial charge in [-0.2, -0.15) is 5.10 Å². The number of aromatic nitrogens is 3. The number of carbonyl (C=O) groups excluding carboxylic acids is 1. The highest BCUT2D eigenvalue weighted by molar-refractivity contribution is 5.78. The lowest BCUT2D eigenvalue weighted by Gasteiger charge is -2.40. The predicted molar refractivity (Wildman–Crippen MR) is 137 cm³/mol. The molecule has 8 heteroatoms. The van der Waals surface area contributed by atoms with Crippen LogP contribution in [-0.2, 0) is 27.9 Å². The van der Waals surface area contributed by atoms with Gasteiger partial charge in [0.25, 0.3) is 0 Å². The molecule has 0 spiro atoms. The topological polar surface area (TPSA) is 81.1 Å². The first-order chi connectivity index (χ1) is 16.1. The smallest absolute Gasteiger partial charge is 0.313 e. The van der Waals surface area contributed by atoms with Crippen LogP contribution in [0.15, 0.2) is 12.1 Å². The number of esters is 1. The minimum Gasteiger partial charge on any atom is -0.460 e. The van der Waals surface area contributed by atoms with E-state index in [-0.39, 0.29) is 29.2 Å². The second kappa shape index (κ2) is 9.88. The zero-order valence-corrected chi connectivity index (χ0v) is 22.8. The van der Waals surface area contributed by atoms with Gasteiger partial charge >= 0.3 is 5.97 Å². The van der Waals surface area contributed by atoms with Gasteiger partial charge in [0.05, 0.1) is 11.0 Å². The highest BCUT2D eigenvalue weighted by Crippen LogP contribution is 2.38. The molecule has 194 valence electrons. The Balaban J connectivity index is 1.98. The first-order valence-electron chi connectivity index (χ1n) is 12.6. The van der Waals surface area contributed by atoms with Gasteiger partial charge in [-0.15, -0.1) is 0 Å². The van der Waals surface area contributed by atoms with Crippen molar-refractivity contribution < 1.29 is 13.9 Å². The number of rotatable bonds is 6. The van der Waals surface area contributed by atoms with E-state index < -0.39 is 11.0 Å². The summed E-state index contributed by atoms with van der Waals surface area (Å²) in [6, 6.07) is 3.85. The third-order valence-electron chi connectivity index (χ3n) is 6.38. The molecule has 0 saturated carbocycles. The third kappa shape index (κ3) is 6.40. The SMILES string of the molecule is CCc1cc(CC2(C(=O)OC(C)(C)C)CCN[C@H](C)C2)nc(Nc2cc(C)n(C(C)(C)C)n2)c1F. The molecule has 0 aliphatic carbocycles. The average molecular weight is 488 g/mol. The molecule has 2 N–H and O–H groups in total. The van der Waals surface area contributed by atoms with Gasteiger partial charge in [-0.25, -0.2) is 9.37 Å². The van der Waals surface area contributed by atoms with E-state index in [0.29, 0.717) is 42.8 Å². The number of hydrogen-bond donors (Lipinski definition) is 2. The molecule has 35 heavy (non-hydrogen) atoms. The number of carbonyl (C=O) groups is 1. The van der Waals surface area contributed by atoms with Crippen molar-refractivity contribution in [3.05, 3.63) is 34.9 Å². The zero-order chi connectivity index (χ0) is 26.2. The van der Waals surface area contributed by atoms with Crippen LogP contribution >= 0.6 is 0 Å². The van der Waals surface area contributed by atoms with E-state index in [1.54, 1.807) is 6.07 Å². The van der Waals surface area contributed by atoms with Crippen LogP contribution in [0.2, 0.25) is 0 Å². The summed E-state index contributed by atoms with van der Waals surface area (Å²) in [4.78, 5) is 18.1. The standard InChI is InChI=1S/C27H42FN5O2/c1-10-19-14-20(16-27(11-12-29-17(2)15-27)24(34)35-26(7,8)9)30-23(22(19)28)31-21-13-18(3)33(32-21)25(4,5)6/h13-14,17,29H,10-12,15-16H2,1-9H3,(H,30,31,32)/t17-,27?/m1/s1. The summed E-state index contributed by atoms with van der Waals surface area (Å²) in [5.74, 6) is 0.0837. The summed E-state index contributed by atoms with van der Waals surface area (Å²) in [6.07, 6.45) is 2.19. The van der Waals surface area contributed by atoms with E-state index >= 15 is 4.39 Å². The van der Waals surface area contributed by atoms with Crippen LogP contribution in [0.25, 0.3) is 0 Å². The molecular weight excluding hydrogens is 445 g/mol. The monoisotopic (exact) mass is 487 g/mol. The third-order valence-corrected chi connectivity index (χ3v) is 6.38. The van der Waals surface area contributed by atoms with Crippen LogP contribution in [0.5, 0.6) is 0 Å².